The first kappa shape index (κ1) is 32.4. The Morgan fingerprint density at radius 1 is 0.766 bits per heavy atom. The molecule has 4 aromatic carbocycles. The number of nitrogen functional groups attached to an aromatic ring is 2. The van der Waals surface area contributed by atoms with Gasteiger partial charge in [0.1, 0.15) is 32.1 Å². The molecular weight excluding hydrogens is 725 g/mol. The molecule has 2 aliphatic heterocycles. The largest absolute Gasteiger partial charge is 0.450 e. The van der Waals surface area contributed by atoms with Crippen molar-refractivity contribution in [1.29, 1.82) is 0 Å². The molecule has 0 atom stereocenters. The molecular formula is C26H17Cl2N5O11S3. The highest BCUT2D eigenvalue weighted by Gasteiger charge is 2.37. The molecule has 0 radical (unpaired) electrons. The van der Waals surface area contributed by atoms with Crippen molar-refractivity contribution in [3.05, 3.63) is 63.2 Å². The van der Waals surface area contributed by atoms with E-state index in [4.69, 9.17) is 44.1 Å². The number of nitrogens with two attached hydrogens (primary N) is 2. The molecule has 0 fully saturated rings. The number of amides is 1. The van der Waals surface area contributed by atoms with Gasteiger partial charge in [0, 0.05) is 12.6 Å². The highest BCUT2D eigenvalue weighted by molar-refractivity contribution is 7.91. The van der Waals surface area contributed by atoms with Crippen molar-refractivity contribution in [2.24, 2.45) is 9.98 Å². The van der Waals surface area contributed by atoms with Gasteiger partial charge in [0.05, 0.1) is 21.2 Å². The Morgan fingerprint density at radius 3 is 1.79 bits per heavy atom. The zero-order chi connectivity index (χ0) is 34.4. The summed E-state index contributed by atoms with van der Waals surface area (Å²) in [4.78, 5) is 16.7. The predicted molar refractivity (Wildman–Crippen MR) is 166 cm³/mol. The Hall–Kier alpha value is -4.50. The maximum absolute atomic E-state index is 13.7. The van der Waals surface area contributed by atoms with Gasteiger partial charge in [-0.15, -0.1) is 0 Å². The second kappa shape index (κ2) is 10.8. The van der Waals surface area contributed by atoms with Crippen LogP contribution in [0.3, 0.4) is 0 Å². The number of sulfone groups is 1. The Morgan fingerprint density at radius 2 is 1.28 bits per heavy atom. The van der Waals surface area contributed by atoms with Crippen LogP contribution in [0.2, 0.25) is 10.0 Å². The number of hydrogen-bond acceptors (Lipinski definition) is 13. The minimum absolute atomic E-state index is 0.145. The summed E-state index contributed by atoms with van der Waals surface area (Å²) in [6, 6.07) is 8.10. The number of carbonyl (C=O) groups is 1. The van der Waals surface area contributed by atoms with Crippen LogP contribution in [-0.2, 0) is 34.9 Å². The van der Waals surface area contributed by atoms with Gasteiger partial charge in [0.25, 0.3) is 20.2 Å². The Kier molecular flexibility index (Phi) is 7.43. The second-order valence-electron chi connectivity index (χ2n) is 9.87. The first-order valence-corrected chi connectivity index (χ1v) is 17.7. The van der Waals surface area contributed by atoms with Gasteiger partial charge in [0.2, 0.25) is 15.7 Å². The lowest BCUT2D eigenvalue weighted by Gasteiger charge is -2.23. The number of carbonyl (C=O) groups excluding carboxylic acids is 1. The van der Waals surface area contributed by atoms with Gasteiger partial charge in [-0.2, -0.15) is 16.8 Å². The second-order valence-corrected chi connectivity index (χ2v) is 15.3. The van der Waals surface area contributed by atoms with E-state index in [-0.39, 0.29) is 43.4 Å². The fourth-order valence-corrected chi connectivity index (χ4v) is 8.30. The molecule has 244 valence electrons. The summed E-state index contributed by atoms with van der Waals surface area (Å²) in [5.74, 6) is -2.38. The van der Waals surface area contributed by atoms with Gasteiger partial charge < -0.3 is 26.3 Å². The molecule has 6 rings (SSSR count). The van der Waals surface area contributed by atoms with Crippen molar-refractivity contribution in [2.75, 3.05) is 16.8 Å². The number of fused-ring (bicyclic) bond motifs is 4. The van der Waals surface area contributed by atoms with Crippen molar-refractivity contribution in [1.82, 2.24) is 0 Å². The molecule has 0 unspecified atom stereocenters. The summed E-state index contributed by atoms with van der Waals surface area (Å²) in [6.45, 7) is 1.25. The molecule has 0 aromatic heterocycles. The lowest BCUT2D eigenvalue weighted by molar-refractivity contribution is -0.114. The van der Waals surface area contributed by atoms with E-state index in [0.717, 1.165) is 24.3 Å². The van der Waals surface area contributed by atoms with E-state index < -0.39 is 84.3 Å². The highest BCUT2D eigenvalue weighted by Crippen LogP contribution is 2.50. The van der Waals surface area contributed by atoms with Crippen LogP contribution in [0, 0.1) is 0 Å². The number of hydrogen-bond donors (Lipinski definition) is 5. The molecule has 2 aliphatic rings. The van der Waals surface area contributed by atoms with E-state index >= 15 is 0 Å². The standard InChI is InChI=1S/C26H17Cl2N5O11S3/c1-9(34)31-10-2-4-11(5-3-10)45(35,36)15-8-14-22(26(18(15)30)47(40,41)42)44-24-16(27)19-23(17(28)20(24)33-14)43-21-13(32-19)7-6-12(29)25(21)46(37,38)39/h2-8H,29-30H2,1H3,(H,31,34)(H,37,38,39)(H,40,41,42). The fourth-order valence-electron chi connectivity index (χ4n) is 4.80. The van der Waals surface area contributed by atoms with Crippen molar-refractivity contribution >= 4 is 87.6 Å². The Labute approximate surface area is 274 Å². The summed E-state index contributed by atoms with van der Waals surface area (Å²) in [7, 11) is -14.9. The maximum atomic E-state index is 13.7. The monoisotopic (exact) mass is 741 g/mol. The van der Waals surface area contributed by atoms with Crippen LogP contribution < -0.4 is 37.0 Å². The third-order valence-corrected chi connectivity index (χ3v) is 11.1. The van der Waals surface area contributed by atoms with Crippen LogP contribution in [0.5, 0.6) is 23.0 Å². The normalized spacial score (nSPS) is 13.4. The van der Waals surface area contributed by atoms with Crippen LogP contribution in [-0.4, -0.2) is 40.3 Å². The van der Waals surface area contributed by atoms with Gasteiger partial charge in [-0.25, -0.2) is 18.4 Å². The predicted octanol–water partition coefficient (Wildman–Crippen LogP) is 3.56. The Balaban J connectivity index is 1.60. The fraction of sp³-hybridized carbons (Fsp3) is 0.0385. The third-order valence-electron chi connectivity index (χ3n) is 6.75. The van der Waals surface area contributed by atoms with E-state index in [9.17, 15) is 39.2 Å². The van der Waals surface area contributed by atoms with Crippen molar-refractivity contribution in [3.63, 3.8) is 0 Å². The van der Waals surface area contributed by atoms with E-state index in [1.165, 1.54) is 25.1 Å². The first-order chi connectivity index (χ1) is 21.8. The van der Waals surface area contributed by atoms with Crippen molar-refractivity contribution in [3.8, 4) is 23.0 Å². The van der Waals surface area contributed by atoms with Crippen molar-refractivity contribution in [2.45, 2.75) is 26.5 Å². The zero-order valence-electron chi connectivity index (χ0n) is 23.1. The summed E-state index contributed by atoms with van der Waals surface area (Å²) in [6.07, 6.45) is 0. The zero-order valence-corrected chi connectivity index (χ0v) is 27.1. The van der Waals surface area contributed by atoms with E-state index in [1.54, 1.807) is 0 Å². The lowest BCUT2D eigenvalue weighted by Crippen LogP contribution is -2.24. The van der Waals surface area contributed by atoms with Crippen LogP contribution in [0.1, 0.15) is 6.92 Å². The molecule has 4 aromatic rings. The molecule has 0 bridgehead atoms. The van der Waals surface area contributed by atoms with Crippen LogP contribution in [0.25, 0.3) is 0 Å². The summed E-state index contributed by atoms with van der Waals surface area (Å²) in [5.41, 5.74) is 10.2. The molecule has 16 nitrogen and oxygen atoms in total. The number of halogens is 2. The van der Waals surface area contributed by atoms with E-state index in [0.29, 0.717) is 0 Å². The lowest BCUT2D eigenvalue weighted by atomic mass is 10.2. The maximum Gasteiger partial charge on any atom is 0.300 e. The average molecular weight is 743 g/mol. The van der Waals surface area contributed by atoms with E-state index in [1.807, 2.05) is 0 Å². The molecule has 7 N–H and O–H groups in total. The van der Waals surface area contributed by atoms with Gasteiger partial charge in [-0.1, -0.05) is 23.2 Å². The van der Waals surface area contributed by atoms with Gasteiger partial charge in [-0.05, 0) is 42.5 Å². The van der Waals surface area contributed by atoms with Crippen LogP contribution in [0.15, 0.2) is 72.0 Å². The highest BCUT2D eigenvalue weighted by atomic mass is 35.5. The van der Waals surface area contributed by atoms with Gasteiger partial charge in [0.15, 0.2) is 32.8 Å². The average Bonchev–Trinajstić information content (AvgIpc) is 2.96. The third kappa shape index (κ3) is 5.30. The smallest absolute Gasteiger partial charge is 0.300 e. The number of benzene rings is 4. The number of nitrogens with one attached hydrogen (secondary N) is 1. The first-order valence-electron chi connectivity index (χ1n) is 12.6. The summed E-state index contributed by atoms with van der Waals surface area (Å²) in [5, 5.41) is 1.12. The molecule has 0 aliphatic carbocycles. The summed E-state index contributed by atoms with van der Waals surface area (Å²) < 4.78 is 108. The number of ether oxygens (including phenoxy) is 2. The quantitative estimate of drug-likeness (QED) is 0.125. The molecule has 0 saturated carbocycles. The van der Waals surface area contributed by atoms with Gasteiger partial charge in [-0.3, -0.25) is 13.9 Å². The summed E-state index contributed by atoms with van der Waals surface area (Å²) >= 11 is 13.2. The number of anilines is 3. The molecule has 0 saturated heterocycles. The van der Waals surface area contributed by atoms with Gasteiger partial charge >= 0.3 is 0 Å². The Bertz CT molecular complexity index is 2580. The molecule has 2 heterocycles. The van der Waals surface area contributed by atoms with Crippen molar-refractivity contribution < 1.29 is 48.6 Å². The molecule has 0 spiro atoms. The molecule has 21 heteroatoms. The number of nitrogens with zero attached hydrogens (tertiary/aromatic N) is 2. The van der Waals surface area contributed by atoms with Crippen LogP contribution in [0.4, 0.5) is 28.4 Å². The molecule has 1 amide bonds. The van der Waals surface area contributed by atoms with Crippen LogP contribution >= 0.6 is 23.2 Å². The minimum atomic E-state index is -5.30. The minimum Gasteiger partial charge on any atom is -0.450 e. The topological polar surface area (TPSA) is 267 Å². The number of rotatable bonds is 5. The van der Waals surface area contributed by atoms with E-state index in [2.05, 4.69) is 15.3 Å². The SMILES string of the molecule is CC(=O)Nc1ccc(S(=O)(=O)c2cc3c(c(S(=O)(=O)O)c2N)Oc2c(Cl)c4c(c(Cl)c2=N3)Oc2c(ccc(N)c2S(=O)(=O)O)N=4)cc1. The molecule has 47 heavy (non-hydrogen) atoms.